The average Bonchev–Trinajstić information content (AvgIpc) is 2.62. The number of rotatable bonds is 9. The van der Waals surface area contributed by atoms with Crippen LogP contribution in [-0.2, 0) is 22.4 Å². The number of carboxylic acid groups (broad SMARTS) is 1. The van der Waals surface area contributed by atoms with Crippen molar-refractivity contribution in [1.82, 2.24) is 5.32 Å². The van der Waals surface area contributed by atoms with Gasteiger partial charge in [0.25, 0.3) is 0 Å². The maximum atomic E-state index is 11.9. The van der Waals surface area contributed by atoms with Crippen LogP contribution in [-0.4, -0.2) is 30.1 Å². The Morgan fingerprint density at radius 3 is 2.31 bits per heavy atom. The van der Waals surface area contributed by atoms with Crippen LogP contribution in [0.1, 0.15) is 17.5 Å². The fourth-order valence-corrected chi connectivity index (χ4v) is 2.61. The van der Waals surface area contributed by atoms with E-state index in [4.69, 9.17) is 33.0 Å². The number of amides is 1. The Balaban J connectivity index is 1.69. The first-order chi connectivity index (χ1) is 12.4. The second-order valence-electron chi connectivity index (χ2n) is 5.67. The third kappa shape index (κ3) is 6.94. The number of benzene rings is 2. The molecule has 2 aromatic rings. The standard InChI is InChI=1S/C19H19Cl2NO4/c20-16-7-3-14(11-17(16)21)4-8-18(23)22-10-9-13-1-5-15(6-2-13)26-12-19(24)25/h1-3,5-7,11H,4,8-10,12H2,(H,22,23)(H,24,25). The molecule has 0 saturated carbocycles. The van der Waals surface area contributed by atoms with Crippen LogP contribution in [0.25, 0.3) is 0 Å². The number of carbonyl (C=O) groups is 2. The van der Waals surface area contributed by atoms with Crippen LogP contribution in [0, 0.1) is 0 Å². The van der Waals surface area contributed by atoms with Gasteiger partial charge in [-0.25, -0.2) is 4.79 Å². The molecular formula is C19H19Cl2NO4. The molecule has 7 heteroatoms. The fraction of sp³-hybridized carbons (Fsp3) is 0.263. The van der Waals surface area contributed by atoms with Crippen molar-refractivity contribution >= 4 is 35.1 Å². The van der Waals surface area contributed by atoms with Gasteiger partial charge in [-0.1, -0.05) is 41.4 Å². The summed E-state index contributed by atoms with van der Waals surface area (Å²) < 4.78 is 5.07. The van der Waals surface area contributed by atoms with E-state index in [-0.39, 0.29) is 12.5 Å². The van der Waals surface area contributed by atoms with Crippen LogP contribution in [0.3, 0.4) is 0 Å². The van der Waals surface area contributed by atoms with Gasteiger partial charge in [0.15, 0.2) is 6.61 Å². The monoisotopic (exact) mass is 395 g/mol. The Morgan fingerprint density at radius 2 is 1.65 bits per heavy atom. The lowest BCUT2D eigenvalue weighted by Crippen LogP contribution is -2.25. The topological polar surface area (TPSA) is 75.6 Å². The molecule has 0 spiro atoms. The van der Waals surface area contributed by atoms with Crippen LogP contribution in [0.5, 0.6) is 5.75 Å². The van der Waals surface area contributed by atoms with Gasteiger partial charge in [0.1, 0.15) is 5.75 Å². The number of hydrogen-bond acceptors (Lipinski definition) is 3. The molecule has 2 aromatic carbocycles. The second kappa shape index (κ2) is 10.0. The Bertz CT molecular complexity index is 763. The van der Waals surface area contributed by atoms with Gasteiger partial charge in [0.05, 0.1) is 10.0 Å². The van der Waals surface area contributed by atoms with Crippen LogP contribution in [0.2, 0.25) is 10.0 Å². The number of aliphatic carboxylic acids is 1. The molecule has 0 unspecified atom stereocenters. The average molecular weight is 396 g/mol. The van der Waals surface area contributed by atoms with E-state index in [0.29, 0.717) is 41.6 Å². The van der Waals surface area contributed by atoms with Crippen LogP contribution in [0.15, 0.2) is 42.5 Å². The first-order valence-corrected chi connectivity index (χ1v) is 8.84. The number of carbonyl (C=O) groups excluding carboxylic acids is 1. The summed E-state index contributed by atoms with van der Waals surface area (Å²) >= 11 is 11.8. The normalized spacial score (nSPS) is 10.4. The van der Waals surface area contributed by atoms with Crippen molar-refractivity contribution in [3.63, 3.8) is 0 Å². The molecule has 1 amide bonds. The minimum absolute atomic E-state index is 0.0301. The predicted molar refractivity (Wildman–Crippen MR) is 101 cm³/mol. The molecule has 0 aliphatic heterocycles. The van der Waals surface area contributed by atoms with Crippen LogP contribution < -0.4 is 10.1 Å². The van der Waals surface area contributed by atoms with Gasteiger partial charge in [-0.05, 0) is 48.2 Å². The lowest BCUT2D eigenvalue weighted by Gasteiger charge is -2.07. The number of carboxylic acids is 1. The van der Waals surface area contributed by atoms with E-state index in [1.807, 2.05) is 18.2 Å². The maximum Gasteiger partial charge on any atom is 0.341 e. The quantitative estimate of drug-likeness (QED) is 0.677. The predicted octanol–water partition coefficient (Wildman–Crippen LogP) is 3.75. The SMILES string of the molecule is O=C(O)COc1ccc(CCNC(=O)CCc2ccc(Cl)c(Cl)c2)cc1. The molecule has 5 nitrogen and oxygen atoms in total. The van der Waals surface area contributed by atoms with Crippen LogP contribution >= 0.6 is 23.2 Å². The van der Waals surface area contributed by atoms with E-state index in [1.54, 1.807) is 24.3 Å². The molecule has 0 aromatic heterocycles. The number of aryl methyl sites for hydroxylation is 1. The van der Waals surface area contributed by atoms with Gasteiger partial charge in [-0.2, -0.15) is 0 Å². The third-order valence-electron chi connectivity index (χ3n) is 3.65. The van der Waals surface area contributed by atoms with Crippen molar-refractivity contribution in [3.8, 4) is 5.75 Å². The van der Waals surface area contributed by atoms with Crippen LogP contribution in [0.4, 0.5) is 0 Å². The van der Waals surface area contributed by atoms with Crippen molar-refractivity contribution in [3.05, 3.63) is 63.6 Å². The van der Waals surface area contributed by atoms with Gasteiger partial charge in [0, 0.05) is 13.0 Å². The summed E-state index contributed by atoms with van der Waals surface area (Å²) in [7, 11) is 0. The summed E-state index contributed by atoms with van der Waals surface area (Å²) in [6, 6.07) is 12.5. The van der Waals surface area contributed by atoms with E-state index in [1.165, 1.54) is 0 Å². The maximum absolute atomic E-state index is 11.9. The fourth-order valence-electron chi connectivity index (χ4n) is 2.29. The highest BCUT2D eigenvalue weighted by molar-refractivity contribution is 6.42. The highest BCUT2D eigenvalue weighted by Gasteiger charge is 2.05. The van der Waals surface area contributed by atoms with E-state index in [9.17, 15) is 9.59 Å². The minimum atomic E-state index is -1.02. The summed E-state index contributed by atoms with van der Waals surface area (Å²) in [6.45, 7) is 0.157. The molecule has 0 aliphatic carbocycles. The second-order valence-corrected chi connectivity index (χ2v) is 6.49. The van der Waals surface area contributed by atoms with E-state index >= 15 is 0 Å². The van der Waals surface area contributed by atoms with E-state index in [2.05, 4.69) is 5.32 Å². The molecule has 0 radical (unpaired) electrons. The third-order valence-corrected chi connectivity index (χ3v) is 4.39. The Morgan fingerprint density at radius 1 is 0.962 bits per heavy atom. The van der Waals surface area contributed by atoms with Crippen molar-refractivity contribution < 1.29 is 19.4 Å². The van der Waals surface area contributed by atoms with Gasteiger partial charge >= 0.3 is 5.97 Å². The summed E-state index contributed by atoms with van der Waals surface area (Å²) in [5, 5.41) is 12.4. The van der Waals surface area contributed by atoms with Gasteiger partial charge < -0.3 is 15.2 Å². The number of ether oxygens (including phenoxy) is 1. The zero-order valence-corrected chi connectivity index (χ0v) is 15.5. The molecule has 0 bridgehead atoms. The highest BCUT2D eigenvalue weighted by atomic mass is 35.5. The molecule has 2 rings (SSSR count). The molecular weight excluding hydrogens is 377 g/mol. The summed E-state index contributed by atoms with van der Waals surface area (Å²) in [6.07, 6.45) is 1.65. The van der Waals surface area contributed by atoms with Crippen molar-refractivity contribution in [2.45, 2.75) is 19.3 Å². The lowest BCUT2D eigenvalue weighted by atomic mass is 10.1. The molecule has 0 fully saturated rings. The van der Waals surface area contributed by atoms with Gasteiger partial charge in [-0.15, -0.1) is 0 Å². The van der Waals surface area contributed by atoms with E-state index < -0.39 is 5.97 Å². The molecule has 0 heterocycles. The first-order valence-electron chi connectivity index (χ1n) is 8.08. The molecule has 0 atom stereocenters. The lowest BCUT2D eigenvalue weighted by molar-refractivity contribution is -0.139. The zero-order chi connectivity index (χ0) is 18.9. The molecule has 26 heavy (non-hydrogen) atoms. The zero-order valence-electron chi connectivity index (χ0n) is 14.0. The van der Waals surface area contributed by atoms with Crippen molar-refractivity contribution in [2.75, 3.05) is 13.2 Å². The summed E-state index contributed by atoms with van der Waals surface area (Å²) in [4.78, 5) is 22.4. The number of hydrogen-bond donors (Lipinski definition) is 2. The van der Waals surface area contributed by atoms with Crippen molar-refractivity contribution in [1.29, 1.82) is 0 Å². The first kappa shape index (κ1) is 20.1. The minimum Gasteiger partial charge on any atom is -0.482 e. The Labute approximate surface area is 161 Å². The van der Waals surface area contributed by atoms with Gasteiger partial charge in [-0.3, -0.25) is 4.79 Å². The molecule has 0 saturated heterocycles. The number of halogens is 2. The largest absolute Gasteiger partial charge is 0.482 e. The molecule has 0 aliphatic rings. The Hall–Kier alpha value is -2.24. The summed E-state index contributed by atoms with van der Waals surface area (Å²) in [5.74, 6) is -0.544. The number of nitrogens with one attached hydrogen (secondary N) is 1. The van der Waals surface area contributed by atoms with Crippen molar-refractivity contribution in [2.24, 2.45) is 0 Å². The molecule has 138 valence electrons. The Kier molecular flexibility index (Phi) is 7.75. The summed E-state index contributed by atoms with van der Waals surface area (Å²) in [5.41, 5.74) is 1.99. The van der Waals surface area contributed by atoms with E-state index in [0.717, 1.165) is 11.1 Å². The smallest absolute Gasteiger partial charge is 0.341 e. The van der Waals surface area contributed by atoms with Gasteiger partial charge in [0.2, 0.25) is 5.91 Å². The highest BCUT2D eigenvalue weighted by Crippen LogP contribution is 2.23. The molecule has 2 N–H and O–H groups in total.